The van der Waals surface area contributed by atoms with E-state index >= 15 is 0 Å². The normalized spacial score (nSPS) is 23.2. The van der Waals surface area contributed by atoms with Gasteiger partial charge in [-0.3, -0.25) is 9.05 Å². The lowest BCUT2D eigenvalue weighted by atomic mass is 10.7. The SMILES string of the molecule is C#CCSP1(=O)OCCOCCOCCOCCOCCO1. The second kappa shape index (κ2) is 13.3. The van der Waals surface area contributed by atoms with E-state index in [1.165, 1.54) is 0 Å². The third kappa shape index (κ3) is 10.6. The van der Waals surface area contributed by atoms with Crippen molar-refractivity contribution in [2.45, 2.75) is 0 Å². The molecule has 0 atom stereocenters. The molecule has 1 aliphatic heterocycles. The van der Waals surface area contributed by atoms with Gasteiger partial charge in [-0.25, -0.2) is 4.57 Å². The Morgan fingerprint density at radius 1 is 0.773 bits per heavy atom. The highest BCUT2D eigenvalue weighted by molar-refractivity contribution is 8.55. The molecule has 0 bridgehead atoms. The van der Waals surface area contributed by atoms with Crippen LogP contribution < -0.4 is 0 Å². The van der Waals surface area contributed by atoms with Gasteiger partial charge in [0.15, 0.2) is 0 Å². The molecule has 1 saturated heterocycles. The largest absolute Gasteiger partial charge is 0.390 e. The van der Waals surface area contributed by atoms with Crippen molar-refractivity contribution in [3.8, 4) is 12.3 Å². The van der Waals surface area contributed by atoms with Crippen molar-refractivity contribution in [1.82, 2.24) is 0 Å². The molecule has 1 aliphatic rings. The number of hydrogen-bond donors (Lipinski definition) is 0. The van der Waals surface area contributed by atoms with Crippen LogP contribution in [0.1, 0.15) is 0 Å². The molecule has 0 saturated carbocycles. The fourth-order valence-electron chi connectivity index (χ4n) is 1.41. The van der Waals surface area contributed by atoms with Crippen LogP contribution in [0.2, 0.25) is 0 Å². The van der Waals surface area contributed by atoms with E-state index in [-0.39, 0.29) is 19.0 Å². The number of rotatable bonds is 2. The molecule has 1 heterocycles. The van der Waals surface area contributed by atoms with Crippen molar-refractivity contribution in [2.24, 2.45) is 0 Å². The molecule has 0 spiro atoms. The molecule has 9 heteroatoms. The number of terminal acetylenes is 1. The quantitative estimate of drug-likeness (QED) is 0.547. The summed E-state index contributed by atoms with van der Waals surface area (Å²) in [4.78, 5) is 0. The van der Waals surface area contributed by atoms with Crippen LogP contribution in [0.25, 0.3) is 0 Å². The Hall–Kier alpha value is -0.100. The van der Waals surface area contributed by atoms with Crippen LogP contribution in [0, 0.1) is 12.3 Å². The maximum atomic E-state index is 12.4. The molecule has 0 aromatic rings. The fourth-order valence-corrected chi connectivity index (χ4v) is 4.05. The molecule has 0 unspecified atom stereocenters. The average Bonchev–Trinajstić information content (AvgIpc) is 2.52. The Labute approximate surface area is 135 Å². The standard InChI is InChI=1S/C13H23O7PS/c1-2-13-22-21(14)19-11-9-17-7-5-15-3-4-16-6-8-18-10-12-20-21/h1H,3-13H2. The highest BCUT2D eigenvalue weighted by atomic mass is 32.7. The Kier molecular flexibility index (Phi) is 12.1. The topological polar surface area (TPSA) is 72.5 Å². The van der Waals surface area contributed by atoms with Crippen molar-refractivity contribution < 1.29 is 32.6 Å². The monoisotopic (exact) mass is 354 g/mol. The minimum Gasteiger partial charge on any atom is -0.377 e. The summed E-state index contributed by atoms with van der Waals surface area (Å²) < 4.78 is 44.3. The number of hydrogen-bond acceptors (Lipinski definition) is 8. The van der Waals surface area contributed by atoms with E-state index in [1.54, 1.807) is 0 Å². The van der Waals surface area contributed by atoms with E-state index in [0.29, 0.717) is 52.9 Å². The second-order valence-electron chi connectivity index (χ2n) is 4.04. The van der Waals surface area contributed by atoms with Crippen molar-refractivity contribution >= 4 is 18.2 Å². The number of ether oxygens (including phenoxy) is 4. The maximum absolute atomic E-state index is 12.4. The van der Waals surface area contributed by atoms with Crippen molar-refractivity contribution in [2.75, 3.05) is 71.8 Å². The van der Waals surface area contributed by atoms with Crippen LogP contribution in [-0.2, 0) is 32.6 Å². The predicted molar refractivity (Wildman–Crippen MR) is 84.1 cm³/mol. The van der Waals surface area contributed by atoms with Gasteiger partial charge in [0.25, 0.3) is 0 Å². The molecule has 0 amide bonds. The van der Waals surface area contributed by atoms with E-state index in [2.05, 4.69) is 5.92 Å². The van der Waals surface area contributed by atoms with E-state index < -0.39 is 6.80 Å². The third-order valence-electron chi connectivity index (χ3n) is 2.38. The van der Waals surface area contributed by atoms with Gasteiger partial charge in [0, 0.05) is 0 Å². The smallest absolute Gasteiger partial charge is 0.377 e. The third-order valence-corrected chi connectivity index (χ3v) is 5.95. The van der Waals surface area contributed by atoms with E-state index in [1.807, 2.05) is 0 Å². The minimum atomic E-state index is -3.28. The Morgan fingerprint density at radius 3 is 1.50 bits per heavy atom. The van der Waals surface area contributed by atoms with E-state index in [0.717, 1.165) is 11.4 Å². The van der Waals surface area contributed by atoms with Gasteiger partial charge in [-0.1, -0.05) is 5.92 Å². The zero-order chi connectivity index (χ0) is 15.9. The van der Waals surface area contributed by atoms with Gasteiger partial charge in [0.2, 0.25) is 0 Å². The molecule has 0 aromatic carbocycles. The van der Waals surface area contributed by atoms with Gasteiger partial charge < -0.3 is 18.9 Å². The van der Waals surface area contributed by atoms with Crippen molar-refractivity contribution in [3.63, 3.8) is 0 Å². The van der Waals surface area contributed by atoms with Gasteiger partial charge in [0.05, 0.1) is 71.8 Å². The highest BCUT2D eigenvalue weighted by Gasteiger charge is 2.25. The Bertz CT molecular complexity index is 339. The van der Waals surface area contributed by atoms with E-state index in [9.17, 15) is 4.57 Å². The maximum Gasteiger partial charge on any atom is 0.390 e. The summed E-state index contributed by atoms with van der Waals surface area (Å²) in [5.74, 6) is 2.65. The lowest BCUT2D eigenvalue weighted by molar-refractivity contribution is -0.00426. The van der Waals surface area contributed by atoms with Crippen LogP contribution in [0.4, 0.5) is 0 Å². The zero-order valence-electron chi connectivity index (χ0n) is 12.6. The molecule has 7 nitrogen and oxygen atoms in total. The van der Waals surface area contributed by atoms with Gasteiger partial charge in [-0.05, 0) is 11.4 Å². The first-order chi connectivity index (χ1) is 10.8. The molecule has 0 aromatic heterocycles. The minimum absolute atomic E-state index is 0.165. The first-order valence-corrected chi connectivity index (χ1v) is 10.2. The second-order valence-corrected chi connectivity index (χ2v) is 8.11. The molecule has 1 rings (SSSR count). The van der Waals surface area contributed by atoms with E-state index in [4.69, 9.17) is 34.4 Å². The zero-order valence-corrected chi connectivity index (χ0v) is 14.3. The summed E-state index contributed by atoms with van der Waals surface area (Å²) in [5, 5.41) is 0. The van der Waals surface area contributed by atoms with Crippen LogP contribution in [0.15, 0.2) is 0 Å². The average molecular weight is 354 g/mol. The lowest BCUT2D eigenvalue weighted by Crippen LogP contribution is -2.12. The summed E-state index contributed by atoms with van der Waals surface area (Å²) in [5.41, 5.74) is 0. The van der Waals surface area contributed by atoms with Crippen LogP contribution in [-0.4, -0.2) is 71.8 Å². The van der Waals surface area contributed by atoms with Gasteiger partial charge >= 0.3 is 6.80 Å². The Morgan fingerprint density at radius 2 is 1.14 bits per heavy atom. The highest BCUT2D eigenvalue weighted by Crippen LogP contribution is 2.60. The lowest BCUT2D eigenvalue weighted by Gasteiger charge is -2.17. The Balaban J connectivity index is 2.37. The molecular weight excluding hydrogens is 331 g/mol. The molecular formula is C13H23O7PS. The van der Waals surface area contributed by atoms with Gasteiger partial charge in [-0.15, -0.1) is 6.42 Å². The molecule has 22 heavy (non-hydrogen) atoms. The van der Waals surface area contributed by atoms with Gasteiger partial charge in [-0.2, -0.15) is 0 Å². The summed E-state index contributed by atoms with van der Waals surface area (Å²) in [6.45, 7) is 0.513. The van der Waals surface area contributed by atoms with Crippen LogP contribution >= 0.6 is 18.2 Å². The summed E-state index contributed by atoms with van der Waals surface area (Å²) in [6.07, 6.45) is 5.18. The molecule has 0 aliphatic carbocycles. The molecule has 0 radical (unpaired) electrons. The summed E-state index contributed by atoms with van der Waals surface area (Å²) in [7, 11) is 0. The first-order valence-electron chi connectivity index (χ1n) is 7.05. The van der Waals surface area contributed by atoms with Crippen molar-refractivity contribution in [1.29, 1.82) is 0 Å². The summed E-state index contributed by atoms with van der Waals surface area (Å²) in [6, 6.07) is 0. The molecule has 1 fully saturated rings. The predicted octanol–water partition coefficient (Wildman–Crippen LogP) is 1.57. The molecule has 128 valence electrons. The van der Waals surface area contributed by atoms with Crippen LogP contribution in [0.5, 0.6) is 0 Å². The summed E-state index contributed by atoms with van der Waals surface area (Å²) >= 11 is 0.985. The molecule has 0 N–H and O–H groups in total. The van der Waals surface area contributed by atoms with Crippen LogP contribution in [0.3, 0.4) is 0 Å². The first kappa shape index (κ1) is 19.9. The fraction of sp³-hybridized carbons (Fsp3) is 0.846. The van der Waals surface area contributed by atoms with Crippen molar-refractivity contribution in [3.05, 3.63) is 0 Å². The van der Waals surface area contributed by atoms with Gasteiger partial charge in [0.1, 0.15) is 0 Å².